The zero-order chi connectivity index (χ0) is 30.2. The smallest absolute Gasteiger partial charge is 0.330 e. The van der Waals surface area contributed by atoms with Crippen molar-refractivity contribution in [2.24, 2.45) is 7.05 Å². The molecule has 3 aromatic heterocycles. The van der Waals surface area contributed by atoms with E-state index in [-0.39, 0.29) is 35.2 Å². The second-order valence-corrected chi connectivity index (χ2v) is 13.3. The minimum Gasteiger partial charge on any atom is -0.471 e. The number of rotatable bonds is 5. The zero-order valence-electron chi connectivity index (χ0n) is 25.7. The average molecular weight is 613 g/mol. The fourth-order valence-electron chi connectivity index (χ4n) is 8.72. The van der Waals surface area contributed by atoms with Gasteiger partial charge in [0.15, 0.2) is 17.0 Å². The van der Waals surface area contributed by atoms with Crippen LogP contribution in [0.2, 0.25) is 0 Å². The third-order valence-corrected chi connectivity index (χ3v) is 10.9. The van der Waals surface area contributed by atoms with E-state index in [9.17, 15) is 9.18 Å². The van der Waals surface area contributed by atoms with Crippen molar-refractivity contribution < 1.29 is 27.9 Å². The summed E-state index contributed by atoms with van der Waals surface area (Å²) in [5, 5.41) is 4.71. The first-order valence-corrected chi connectivity index (χ1v) is 16.2. The molecule has 13 heteroatoms. The SMILES string of the molecule is C[C@H](Oc1nc(-c2onc3c2CCC[C@@]32CCCCC23OCCO3)nc2c1n(C)c(=O)n2[C@@H]1CCOC1)[C@@H]1C[C@@H](F)CN1C. The molecule has 44 heavy (non-hydrogen) atoms. The Morgan fingerprint density at radius 3 is 2.61 bits per heavy atom. The Morgan fingerprint density at radius 2 is 1.86 bits per heavy atom. The molecular formula is C31H41FN6O6. The molecule has 1 saturated carbocycles. The van der Waals surface area contributed by atoms with Gasteiger partial charge in [-0.15, -0.1) is 0 Å². The van der Waals surface area contributed by atoms with Gasteiger partial charge in [0.05, 0.1) is 37.0 Å². The van der Waals surface area contributed by atoms with Crippen molar-refractivity contribution in [2.75, 3.05) is 40.0 Å². The van der Waals surface area contributed by atoms with Gasteiger partial charge in [0.1, 0.15) is 12.3 Å². The van der Waals surface area contributed by atoms with Gasteiger partial charge in [0.2, 0.25) is 17.5 Å². The number of likely N-dealkylation sites (N-methyl/N-ethyl adjacent to an activating group) is 1. The molecule has 2 spiro atoms. The number of likely N-dealkylation sites (tertiary alicyclic amines) is 1. The predicted molar refractivity (Wildman–Crippen MR) is 156 cm³/mol. The fraction of sp³-hybridized carbons (Fsp3) is 0.742. The van der Waals surface area contributed by atoms with E-state index < -0.39 is 12.0 Å². The molecule has 0 N–H and O–H groups in total. The quantitative estimate of drug-likeness (QED) is 0.424. The Kier molecular flexibility index (Phi) is 6.89. The Labute approximate surface area is 254 Å². The maximum Gasteiger partial charge on any atom is 0.330 e. The molecular weight excluding hydrogens is 571 g/mol. The van der Waals surface area contributed by atoms with Crippen molar-refractivity contribution in [1.29, 1.82) is 0 Å². The number of halogens is 1. The van der Waals surface area contributed by atoms with E-state index in [4.69, 9.17) is 38.6 Å². The second-order valence-electron chi connectivity index (χ2n) is 13.3. The number of hydrogen-bond acceptors (Lipinski definition) is 10. The Bertz CT molecular complexity index is 1620. The van der Waals surface area contributed by atoms with Crippen LogP contribution in [0.5, 0.6) is 5.88 Å². The maximum atomic E-state index is 14.3. The lowest BCUT2D eigenvalue weighted by Crippen LogP contribution is -2.56. The third kappa shape index (κ3) is 4.15. The number of fused-ring (bicyclic) bond motifs is 4. The molecule has 0 aromatic carbocycles. The van der Waals surface area contributed by atoms with Crippen LogP contribution < -0.4 is 10.4 Å². The minimum absolute atomic E-state index is 0.132. The zero-order valence-corrected chi connectivity index (χ0v) is 25.7. The molecule has 0 unspecified atom stereocenters. The highest BCUT2D eigenvalue weighted by atomic mass is 19.1. The van der Waals surface area contributed by atoms with Crippen LogP contribution in [-0.4, -0.2) is 93.3 Å². The normalized spacial score (nSPS) is 31.0. The van der Waals surface area contributed by atoms with Gasteiger partial charge in [-0.2, -0.15) is 4.98 Å². The Hall–Kier alpha value is -2.87. The number of alkyl halides is 1. The standard InChI is InChI=1S/C31H41FN6O6/c1-18(22-15-19(32)16-36(22)2)43-28-23-27(38(29(39)37(23)3)20-8-12-40-17-20)33-26(34-28)24-21-7-6-10-30(25(21)35-44-24)9-4-5-11-31(30)41-13-14-42-31/h18-20,22H,4-17H2,1-3H3/t18-,19+,20+,22-,30-/m0/s1. The fourth-order valence-corrected chi connectivity index (χ4v) is 8.72. The number of hydrogen-bond donors (Lipinski definition) is 0. The summed E-state index contributed by atoms with van der Waals surface area (Å²) in [7, 11) is 3.62. The highest BCUT2D eigenvalue weighted by Gasteiger charge is 2.61. The van der Waals surface area contributed by atoms with Gasteiger partial charge in [0, 0.05) is 38.2 Å². The number of nitrogens with zero attached hydrogens (tertiary/aromatic N) is 6. The summed E-state index contributed by atoms with van der Waals surface area (Å²) in [6.07, 6.45) is 6.29. The van der Waals surface area contributed by atoms with Crippen molar-refractivity contribution in [2.45, 2.75) is 100 Å². The summed E-state index contributed by atoms with van der Waals surface area (Å²) >= 11 is 0. The van der Waals surface area contributed by atoms with Gasteiger partial charge < -0.3 is 23.5 Å². The number of aryl methyl sites for hydroxylation is 1. The van der Waals surface area contributed by atoms with E-state index in [2.05, 4.69) is 0 Å². The van der Waals surface area contributed by atoms with E-state index in [1.54, 1.807) is 16.2 Å². The van der Waals surface area contributed by atoms with Gasteiger partial charge in [-0.1, -0.05) is 11.6 Å². The molecule has 2 aliphatic carbocycles. The van der Waals surface area contributed by atoms with Crippen molar-refractivity contribution in [1.82, 2.24) is 29.2 Å². The molecule has 5 aliphatic rings. The third-order valence-electron chi connectivity index (χ3n) is 10.9. The van der Waals surface area contributed by atoms with E-state index >= 15 is 0 Å². The first-order chi connectivity index (χ1) is 21.3. The Morgan fingerprint density at radius 1 is 1.07 bits per heavy atom. The number of imidazole rings is 1. The molecule has 8 rings (SSSR count). The van der Waals surface area contributed by atoms with Crippen molar-refractivity contribution >= 4 is 11.2 Å². The molecule has 0 radical (unpaired) electrons. The van der Waals surface area contributed by atoms with E-state index in [0.29, 0.717) is 68.6 Å². The van der Waals surface area contributed by atoms with Crippen LogP contribution in [0.1, 0.15) is 75.6 Å². The van der Waals surface area contributed by atoms with Crippen LogP contribution in [0, 0.1) is 0 Å². The van der Waals surface area contributed by atoms with Crippen LogP contribution in [0.3, 0.4) is 0 Å². The van der Waals surface area contributed by atoms with Crippen molar-refractivity contribution in [3.05, 3.63) is 21.7 Å². The van der Waals surface area contributed by atoms with Crippen LogP contribution in [0.15, 0.2) is 9.32 Å². The first-order valence-electron chi connectivity index (χ1n) is 16.2. The molecule has 238 valence electrons. The average Bonchev–Trinajstić information content (AvgIpc) is 3.84. The highest BCUT2D eigenvalue weighted by Crippen LogP contribution is 2.57. The molecule has 3 aromatic rings. The first kappa shape index (κ1) is 28.6. The summed E-state index contributed by atoms with van der Waals surface area (Å²) in [5.41, 5.74) is 2.23. The van der Waals surface area contributed by atoms with E-state index in [1.807, 2.05) is 18.9 Å². The van der Waals surface area contributed by atoms with E-state index in [1.165, 1.54) is 0 Å². The number of ether oxygens (including phenoxy) is 4. The van der Waals surface area contributed by atoms with Gasteiger partial charge in [0.25, 0.3) is 0 Å². The van der Waals surface area contributed by atoms with Gasteiger partial charge in [-0.25, -0.2) is 14.2 Å². The summed E-state index contributed by atoms with van der Waals surface area (Å²) in [6.45, 7) is 4.45. The van der Waals surface area contributed by atoms with Crippen LogP contribution >= 0.6 is 0 Å². The van der Waals surface area contributed by atoms with Crippen LogP contribution in [-0.2, 0) is 33.1 Å². The lowest BCUT2D eigenvalue weighted by molar-refractivity contribution is -0.231. The predicted octanol–water partition coefficient (Wildman–Crippen LogP) is 3.45. The van der Waals surface area contributed by atoms with Gasteiger partial charge in [-0.05, 0) is 58.9 Å². The number of aromatic nitrogens is 5. The lowest BCUT2D eigenvalue weighted by atomic mass is 9.61. The molecule has 6 heterocycles. The topological polar surface area (TPSA) is 119 Å². The molecule has 5 atom stereocenters. The van der Waals surface area contributed by atoms with Crippen LogP contribution in [0.4, 0.5) is 4.39 Å². The lowest BCUT2D eigenvalue weighted by Gasteiger charge is -2.50. The highest BCUT2D eigenvalue weighted by molar-refractivity contribution is 5.80. The summed E-state index contributed by atoms with van der Waals surface area (Å²) in [4.78, 5) is 25.6. The molecule has 4 fully saturated rings. The molecule has 3 saturated heterocycles. The largest absolute Gasteiger partial charge is 0.471 e. The van der Waals surface area contributed by atoms with E-state index in [0.717, 1.165) is 56.2 Å². The van der Waals surface area contributed by atoms with Gasteiger partial charge >= 0.3 is 5.69 Å². The van der Waals surface area contributed by atoms with Crippen LogP contribution in [0.25, 0.3) is 22.7 Å². The summed E-state index contributed by atoms with van der Waals surface area (Å²) < 4.78 is 48.7. The second kappa shape index (κ2) is 10.6. The monoisotopic (exact) mass is 612 g/mol. The molecule has 3 aliphatic heterocycles. The minimum atomic E-state index is -0.909. The maximum absolute atomic E-state index is 14.3. The molecule has 0 amide bonds. The van der Waals surface area contributed by atoms with Gasteiger partial charge in [-0.3, -0.25) is 14.0 Å². The molecule has 0 bridgehead atoms. The molecule has 12 nitrogen and oxygen atoms in total. The van der Waals surface area contributed by atoms with Crippen molar-refractivity contribution in [3.63, 3.8) is 0 Å². The summed E-state index contributed by atoms with van der Waals surface area (Å²) in [6, 6.07) is -0.286. The summed E-state index contributed by atoms with van der Waals surface area (Å²) in [5.74, 6) is 0.403. The Balaban J connectivity index is 1.27. The van der Waals surface area contributed by atoms with Crippen molar-refractivity contribution in [3.8, 4) is 17.5 Å².